The summed E-state index contributed by atoms with van der Waals surface area (Å²) in [5.74, 6) is 1.06. The minimum atomic E-state index is 0.682. The fourth-order valence-corrected chi connectivity index (χ4v) is 2.36. The molecule has 91 valence electrons. The second-order valence-corrected chi connectivity index (χ2v) is 4.02. The van der Waals surface area contributed by atoms with Crippen LogP contribution in [-0.4, -0.2) is 13.1 Å². The lowest BCUT2D eigenvalue weighted by atomic mass is 10.2. The number of hydrogen-bond donors (Lipinski definition) is 0. The first-order chi connectivity index (χ1) is 8.76. The molecule has 0 saturated carbocycles. The summed E-state index contributed by atoms with van der Waals surface area (Å²) in [5, 5.41) is 9.00. The Morgan fingerprint density at radius 3 is 2.44 bits per heavy atom. The minimum Gasteiger partial charge on any atom is -0.326 e. The Hall–Kier alpha value is -2.21. The summed E-state index contributed by atoms with van der Waals surface area (Å²) in [5.41, 5.74) is 2.89. The summed E-state index contributed by atoms with van der Waals surface area (Å²) in [6, 6.07) is 7.96. The zero-order valence-corrected chi connectivity index (χ0v) is 10.7. The highest BCUT2D eigenvalue weighted by atomic mass is 15.4. The van der Waals surface area contributed by atoms with Crippen LogP contribution in [0.1, 0.15) is 19.4 Å². The highest BCUT2D eigenvalue weighted by Gasteiger charge is 2.28. The summed E-state index contributed by atoms with van der Waals surface area (Å²) in [4.78, 5) is 4.37. The van der Waals surface area contributed by atoms with E-state index in [0.29, 0.717) is 5.56 Å². The Bertz CT molecular complexity index is 537. The van der Waals surface area contributed by atoms with E-state index in [-0.39, 0.29) is 0 Å². The van der Waals surface area contributed by atoms with Gasteiger partial charge >= 0.3 is 0 Å². The number of fused-ring (bicyclic) bond motifs is 1. The molecule has 3 nitrogen and oxygen atoms in total. The maximum atomic E-state index is 9.00. The number of hydrogen-bond acceptors (Lipinski definition) is 3. The second-order valence-electron chi connectivity index (χ2n) is 4.02. The molecule has 18 heavy (non-hydrogen) atoms. The summed E-state index contributed by atoms with van der Waals surface area (Å²) in [7, 11) is 0. The van der Waals surface area contributed by atoms with Gasteiger partial charge in [-0.2, -0.15) is 5.26 Å². The van der Waals surface area contributed by atoms with Crippen LogP contribution in [0.5, 0.6) is 0 Å². The van der Waals surface area contributed by atoms with Crippen LogP contribution in [0.25, 0.3) is 0 Å². The van der Waals surface area contributed by atoms with E-state index in [1.54, 1.807) is 6.08 Å². The van der Waals surface area contributed by atoms with Crippen LogP contribution >= 0.6 is 0 Å². The molecule has 2 rings (SSSR count). The van der Waals surface area contributed by atoms with Gasteiger partial charge in [-0.15, -0.1) is 0 Å². The first kappa shape index (κ1) is 12.3. The quantitative estimate of drug-likeness (QED) is 0.810. The third kappa shape index (κ3) is 1.76. The maximum Gasteiger partial charge on any atom is 0.113 e. The van der Waals surface area contributed by atoms with Gasteiger partial charge < -0.3 is 9.80 Å². The van der Waals surface area contributed by atoms with Gasteiger partial charge in [0.1, 0.15) is 5.82 Å². The average molecular weight is 238 g/mol. The van der Waals surface area contributed by atoms with E-state index in [9.17, 15) is 0 Å². The van der Waals surface area contributed by atoms with Crippen molar-refractivity contribution in [2.24, 2.45) is 0 Å². The third-order valence-corrected chi connectivity index (χ3v) is 3.12. The summed E-state index contributed by atoms with van der Waals surface area (Å²) in [6.45, 7) is 11.4. The Balaban J connectivity index is 2.59. The number of benzene rings is 1. The summed E-state index contributed by atoms with van der Waals surface area (Å²) < 4.78 is 0. The second kappa shape index (κ2) is 4.97. The van der Waals surface area contributed by atoms with E-state index in [2.05, 4.69) is 29.7 Å². The molecule has 0 saturated heterocycles. The molecule has 0 fully saturated rings. The molecule has 0 bridgehead atoms. The molecular formula is C15H16N3. The first-order valence-electron chi connectivity index (χ1n) is 6.11. The third-order valence-electron chi connectivity index (χ3n) is 3.12. The zero-order valence-electron chi connectivity index (χ0n) is 10.7. The molecule has 0 spiro atoms. The van der Waals surface area contributed by atoms with Crippen molar-refractivity contribution in [2.75, 3.05) is 22.9 Å². The topological polar surface area (TPSA) is 30.3 Å². The van der Waals surface area contributed by atoms with E-state index in [4.69, 9.17) is 11.8 Å². The van der Waals surface area contributed by atoms with Crippen LogP contribution < -0.4 is 9.80 Å². The molecule has 1 aliphatic heterocycles. The van der Waals surface area contributed by atoms with E-state index in [1.807, 2.05) is 24.3 Å². The Morgan fingerprint density at radius 2 is 1.89 bits per heavy atom. The van der Waals surface area contributed by atoms with Crippen molar-refractivity contribution in [1.82, 2.24) is 0 Å². The zero-order chi connectivity index (χ0) is 13.1. The monoisotopic (exact) mass is 238 g/mol. The first-order valence-corrected chi connectivity index (χ1v) is 6.11. The lowest BCUT2D eigenvalue weighted by Gasteiger charge is -2.22. The van der Waals surface area contributed by atoms with Crippen molar-refractivity contribution in [3.8, 4) is 6.07 Å². The number of allylic oxidation sites excluding steroid dienone is 2. The molecule has 1 heterocycles. The molecule has 0 aromatic heterocycles. The molecular weight excluding hydrogens is 222 g/mol. The maximum absolute atomic E-state index is 9.00. The van der Waals surface area contributed by atoms with Crippen molar-refractivity contribution in [1.29, 1.82) is 5.26 Å². The van der Waals surface area contributed by atoms with Crippen molar-refractivity contribution in [3.05, 3.63) is 48.3 Å². The summed E-state index contributed by atoms with van der Waals surface area (Å²) >= 11 is 0. The molecule has 0 atom stereocenters. The van der Waals surface area contributed by atoms with Gasteiger partial charge in [0.05, 0.1) is 23.0 Å². The van der Waals surface area contributed by atoms with Crippen LogP contribution in [0.15, 0.2) is 36.2 Å². The number of rotatable bonds is 3. The van der Waals surface area contributed by atoms with Crippen molar-refractivity contribution in [2.45, 2.75) is 13.8 Å². The van der Waals surface area contributed by atoms with E-state index < -0.39 is 0 Å². The van der Waals surface area contributed by atoms with Gasteiger partial charge in [0.15, 0.2) is 0 Å². The molecule has 1 aliphatic rings. The smallest absolute Gasteiger partial charge is 0.113 e. The van der Waals surface area contributed by atoms with Crippen molar-refractivity contribution in [3.63, 3.8) is 0 Å². The van der Waals surface area contributed by atoms with Gasteiger partial charge in [0.2, 0.25) is 0 Å². The average Bonchev–Trinajstić information content (AvgIpc) is 2.70. The Morgan fingerprint density at radius 1 is 1.22 bits per heavy atom. The molecule has 1 aromatic rings. The fourth-order valence-electron chi connectivity index (χ4n) is 2.36. The lowest BCUT2D eigenvalue weighted by molar-refractivity contribution is 0.899. The van der Waals surface area contributed by atoms with Crippen LogP contribution in [-0.2, 0) is 0 Å². The molecule has 3 heteroatoms. The SMILES string of the molecule is [CH]=CC=C1N(CC)c2ccc(C#N)cc2N1CC. The van der Waals surface area contributed by atoms with E-state index in [1.165, 1.54) is 0 Å². The van der Waals surface area contributed by atoms with Crippen LogP contribution in [0.2, 0.25) is 0 Å². The molecule has 1 aromatic carbocycles. The highest BCUT2D eigenvalue weighted by Crippen LogP contribution is 2.41. The van der Waals surface area contributed by atoms with Crippen molar-refractivity contribution >= 4 is 11.4 Å². The predicted molar refractivity (Wildman–Crippen MR) is 74.2 cm³/mol. The Labute approximate surface area is 108 Å². The standard InChI is InChI=1S/C15H16N3/c1-4-7-15-17(5-2)13-9-8-12(11-16)10-14(13)18(15)6-3/h1,4,7-10H,5-6H2,2-3H3. The fraction of sp³-hybridized carbons (Fsp3) is 0.267. The highest BCUT2D eigenvalue weighted by molar-refractivity contribution is 5.83. The van der Waals surface area contributed by atoms with Crippen LogP contribution in [0, 0.1) is 17.9 Å². The molecule has 1 radical (unpaired) electrons. The lowest BCUT2D eigenvalue weighted by Crippen LogP contribution is -2.27. The molecule has 0 N–H and O–H groups in total. The number of nitriles is 1. The van der Waals surface area contributed by atoms with Gasteiger partial charge in [0.25, 0.3) is 0 Å². The summed E-state index contributed by atoms with van der Waals surface area (Å²) in [6.07, 6.45) is 3.46. The normalized spacial score (nSPS) is 15.7. The van der Waals surface area contributed by atoms with Gasteiger partial charge in [-0.3, -0.25) is 0 Å². The molecule has 0 unspecified atom stereocenters. The van der Waals surface area contributed by atoms with Gasteiger partial charge in [-0.1, -0.05) is 12.7 Å². The van der Waals surface area contributed by atoms with Gasteiger partial charge in [0, 0.05) is 13.1 Å². The molecule has 0 amide bonds. The number of nitrogens with zero attached hydrogens (tertiary/aromatic N) is 3. The molecule has 0 aliphatic carbocycles. The Kier molecular flexibility index (Phi) is 3.38. The predicted octanol–water partition coefficient (Wildman–Crippen LogP) is 3.06. The van der Waals surface area contributed by atoms with Gasteiger partial charge in [-0.05, 0) is 38.1 Å². The van der Waals surface area contributed by atoms with Gasteiger partial charge in [-0.25, -0.2) is 0 Å². The van der Waals surface area contributed by atoms with Crippen molar-refractivity contribution < 1.29 is 0 Å². The largest absolute Gasteiger partial charge is 0.326 e. The van der Waals surface area contributed by atoms with Crippen LogP contribution in [0.3, 0.4) is 0 Å². The minimum absolute atomic E-state index is 0.682. The van der Waals surface area contributed by atoms with E-state index in [0.717, 1.165) is 30.3 Å². The van der Waals surface area contributed by atoms with Crippen LogP contribution in [0.4, 0.5) is 11.4 Å². The van der Waals surface area contributed by atoms with E-state index >= 15 is 0 Å². The number of anilines is 2.